The average Bonchev–Trinajstić information content (AvgIpc) is 2.14. The van der Waals surface area contributed by atoms with Crippen molar-refractivity contribution in [2.24, 2.45) is 0 Å². The van der Waals surface area contributed by atoms with Crippen molar-refractivity contribution in [1.82, 2.24) is 0 Å². The topological polar surface area (TPSA) is 18.5 Å². The summed E-state index contributed by atoms with van der Waals surface area (Å²) in [7, 11) is -1.95. The van der Waals surface area contributed by atoms with Crippen LogP contribution in [0.2, 0.25) is 13.1 Å². The van der Waals surface area contributed by atoms with Gasteiger partial charge in [-0.3, -0.25) is 0 Å². The minimum atomic E-state index is -1.95. The zero-order valence-corrected chi connectivity index (χ0v) is 12.2. The Hall–Kier alpha value is -0.743. The first-order chi connectivity index (χ1) is 7.04. The van der Waals surface area contributed by atoms with Gasteiger partial charge in [0.1, 0.15) is 11.2 Å². The molecule has 0 saturated carbocycles. The summed E-state index contributed by atoms with van der Waals surface area (Å²) in [5.74, 6) is 5.22. The molecule has 0 aromatic rings. The van der Waals surface area contributed by atoms with Gasteiger partial charge in [-0.1, -0.05) is 11.8 Å². The van der Waals surface area contributed by atoms with Crippen LogP contribution in [0.5, 0.6) is 0 Å². The summed E-state index contributed by atoms with van der Waals surface area (Å²) in [4.78, 5) is 0. The second kappa shape index (κ2) is 5.06. The van der Waals surface area contributed by atoms with Crippen molar-refractivity contribution >= 4 is 8.32 Å². The second-order valence-corrected chi connectivity index (χ2v) is 9.47. The predicted octanol–water partition coefficient (Wildman–Crippen LogP) is 2.59. The summed E-state index contributed by atoms with van der Waals surface area (Å²) < 4.78 is 11.6. The molecule has 90 valence electrons. The lowest BCUT2D eigenvalue weighted by atomic mass is 10.2. The molecule has 0 aliphatic rings. The Balaban J connectivity index is 4.40. The van der Waals surface area contributed by atoms with Gasteiger partial charge in [0, 0.05) is 0 Å². The molecule has 2 nitrogen and oxygen atoms in total. The van der Waals surface area contributed by atoms with Gasteiger partial charge < -0.3 is 9.16 Å². The van der Waals surface area contributed by atoms with E-state index in [1.807, 2.05) is 27.7 Å². The maximum Gasteiger partial charge on any atom is 0.214 e. The summed E-state index contributed by atoms with van der Waals surface area (Å²) in [5, 5.41) is 0. The van der Waals surface area contributed by atoms with Gasteiger partial charge in [-0.15, -0.1) is 12.8 Å². The quantitative estimate of drug-likeness (QED) is 0.541. The first-order valence-corrected chi connectivity index (χ1v) is 8.45. The van der Waals surface area contributed by atoms with Gasteiger partial charge in [0.05, 0.1) is 6.23 Å². The van der Waals surface area contributed by atoms with Gasteiger partial charge in [0.15, 0.2) is 0 Å². The van der Waals surface area contributed by atoms with Gasteiger partial charge in [-0.05, 0) is 40.8 Å². The van der Waals surface area contributed by atoms with E-state index in [0.29, 0.717) is 6.23 Å². The van der Waals surface area contributed by atoms with Gasteiger partial charge in [-0.2, -0.15) is 0 Å². The lowest BCUT2D eigenvalue weighted by Crippen LogP contribution is -2.46. The molecule has 3 heteroatoms. The SMILES string of the molecule is C#CC(C)(C)OC[Si](C)(C)OC(C)(C)C#C. The minimum Gasteiger partial charge on any atom is -0.400 e. The van der Waals surface area contributed by atoms with Crippen molar-refractivity contribution in [3.63, 3.8) is 0 Å². The molecule has 0 saturated heterocycles. The average molecular weight is 238 g/mol. The van der Waals surface area contributed by atoms with E-state index in [-0.39, 0.29) is 0 Å². The van der Waals surface area contributed by atoms with Crippen LogP contribution >= 0.6 is 0 Å². The van der Waals surface area contributed by atoms with E-state index in [4.69, 9.17) is 22.0 Å². The van der Waals surface area contributed by atoms with Crippen LogP contribution in [0.25, 0.3) is 0 Å². The molecule has 0 unspecified atom stereocenters. The van der Waals surface area contributed by atoms with Gasteiger partial charge in [-0.25, -0.2) is 0 Å². The zero-order valence-electron chi connectivity index (χ0n) is 11.2. The van der Waals surface area contributed by atoms with E-state index in [2.05, 4.69) is 24.9 Å². The van der Waals surface area contributed by atoms with Crippen LogP contribution in [-0.2, 0) is 9.16 Å². The van der Waals surface area contributed by atoms with Crippen LogP contribution in [0.4, 0.5) is 0 Å². The van der Waals surface area contributed by atoms with E-state index >= 15 is 0 Å². The fraction of sp³-hybridized carbons (Fsp3) is 0.692. The molecule has 0 aliphatic carbocycles. The molecular formula is C13H22O2Si. The molecule has 0 rings (SSSR count). The molecular weight excluding hydrogens is 216 g/mol. The predicted molar refractivity (Wildman–Crippen MR) is 70.3 cm³/mol. The molecule has 0 bridgehead atoms. The Bertz CT molecular complexity index is 316. The van der Waals surface area contributed by atoms with Crippen molar-refractivity contribution in [3.05, 3.63) is 0 Å². The van der Waals surface area contributed by atoms with Gasteiger partial charge in [0.25, 0.3) is 0 Å². The molecule has 16 heavy (non-hydrogen) atoms. The normalized spacial score (nSPS) is 13.0. The van der Waals surface area contributed by atoms with Crippen LogP contribution < -0.4 is 0 Å². The molecule has 0 fully saturated rings. The highest BCUT2D eigenvalue weighted by atomic mass is 28.4. The maximum atomic E-state index is 5.92. The van der Waals surface area contributed by atoms with Crippen LogP contribution in [0.1, 0.15) is 27.7 Å². The van der Waals surface area contributed by atoms with Crippen molar-refractivity contribution in [3.8, 4) is 24.7 Å². The summed E-state index contributed by atoms with van der Waals surface area (Å²) in [6.45, 7) is 11.6. The van der Waals surface area contributed by atoms with Crippen LogP contribution in [0.15, 0.2) is 0 Å². The summed E-state index contributed by atoms with van der Waals surface area (Å²) in [6, 6.07) is 0. The highest BCUT2D eigenvalue weighted by Gasteiger charge is 2.32. The molecule has 0 radical (unpaired) electrons. The third-order valence-electron chi connectivity index (χ3n) is 2.01. The second-order valence-electron chi connectivity index (χ2n) is 5.46. The summed E-state index contributed by atoms with van der Waals surface area (Å²) in [5.41, 5.74) is -1.09. The lowest BCUT2D eigenvalue weighted by molar-refractivity contribution is 0.0387. The molecule has 0 atom stereocenters. The summed E-state index contributed by atoms with van der Waals surface area (Å²) >= 11 is 0. The smallest absolute Gasteiger partial charge is 0.214 e. The molecule has 0 aromatic heterocycles. The van der Waals surface area contributed by atoms with Crippen LogP contribution in [0, 0.1) is 24.7 Å². The van der Waals surface area contributed by atoms with E-state index in [1.54, 1.807) is 0 Å². The van der Waals surface area contributed by atoms with Crippen molar-refractivity contribution in [2.45, 2.75) is 52.0 Å². The van der Waals surface area contributed by atoms with E-state index in [9.17, 15) is 0 Å². The maximum absolute atomic E-state index is 5.92. The standard InChI is InChI=1S/C13H22O2Si/c1-9-12(3,4)14-11-16(7,8)15-13(5,6)10-2/h1-2H,11H2,3-8H3. The van der Waals surface area contributed by atoms with Crippen molar-refractivity contribution in [2.75, 3.05) is 6.23 Å². The van der Waals surface area contributed by atoms with Crippen LogP contribution in [-0.4, -0.2) is 25.7 Å². The van der Waals surface area contributed by atoms with Crippen molar-refractivity contribution in [1.29, 1.82) is 0 Å². The van der Waals surface area contributed by atoms with Gasteiger partial charge in [0.2, 0.25) is 8.32 Å². The first kappa shape index (κ1) is 15.3. The Morgan fingerprint density at radius 2 is 1.44 bits per heavy atom. The lowest BCUT2D eigenvalue weighted by Gasteiger charge is -2.33. The number of rotatable bonds is 5. The number of terminal acetylenes is 2. The summed E-state index contributed by atoms with van der Waals surface area (Å²) in [6.07, 6.45) is 11.3. The Kier molecular flexibility index (Phi) is 4.82. The molecule has 0 amide bonds. The van der Waals surface area contributed by atoms with Crippen LogP contribution in [0.3, 0.4) is 0 Å². The highest BCUT2D eigenvalue weighted by Crippen LogP contribution is 2.19. The fourth-order valence-electron chi connectivity index (χ4n) is 1.15. The zero-order chi connectivity index (χ0) is 13.0. The Morgan fingerprint density at radius 1 is 1.00 bits per heavy atom. The van der Waals surface area contributed by atoms with E-state index < -0.39 is 19.5 Å². The molecule has 0 spiro atoms. The molecule has 0 heterocycles. The number of hydrogen-bond donors (Lipinski definition) is 0. The van der Waals surface area contributed by atoms with Gasteiger partial charge >= 0.3 is 0 Å². The van der Waals surface area contributed by atoms with E-state index in [0.717, 1.165) is 0 Å². The third kappa shape index (κ3) is 5.98. The molecule has 0 aromatic carbocycles. The monoisotopic (exact) mass is 238 g/mol. The highest BCUT2D eigenvalue weighted by molar-refractivity contribution is 6.71. The number of hydrogen-bond acceptors (Lipinski definition) is 2. The van der Waals surface area contributed by atoms with E-state index in [1.165, 1.54) is 0 Å². The fourth-order valence-corrected chi connectivity index (χ4v) is 3.35. The Morgan fingerprint density at radius 3 is 1.81 bits per heavy atom. The molecule has 0 aliphatic heterocycles. The number of ether oxygens (including phenoxy) is 1. The minimum absolute atomic E-state index is 0.537. The first-order valence-electron chi connectivity index (χ1n) is 5.33. The molecule has 0 N–H and O–H groups in total. The van der Waals surface area contributed by atoms with Crippen molar-refractivity contribution < 1.29 is 9.16 Å². The largest absolute Gasteiger partial charge is 0.400 e. The Labute approximate surface area is 101 Å². The third-order valence-corrected chi connectivity index (χ3v) is 3.91.